The second-order valence-electron chi connectivity index (χ2n) is 5.19. The molecule has 0 spiro atoms. The molecule has 102 valence electrons. The summed E-state index contributed by atoms with van der Waals surface area (Å²) in [4.78, 5) is 24.9. The van der Waals surface area contributed by atoms with E-state index in [0.717, 1.165) is 16.8 Å². The van der Waals surface area contributed by atoms with Gasteiger partial charge in [0.2, 0.25) is 5.91 Å². The van der Waals surface area contributed by atoms with Crippen molar-refractivity contribution in [3.63, 3.8) is 0 Å². The maximum absolute atomic E-state index is 12.1. The quantitative estimate of drug-likeness (QED) is 0.884. The van der Waals surface area contributed by atoms with Crippen LogP contribution in [0.4, 0.5) is 10.5 Å². The Bertz CT molecular complexity index is 537. The van der Waals surface area contributed by atoms with Gasteiger partial charge in [-0.15, -0.1) is 0 Å². The van der Waals surface area contributed by atoms with Gasteiger partial charge in [-0.25, -0.2) is 4.79 Å². The molecule has 0 saturated heterocycles. The van der Waals surface area contributed by atoms with Crippen molar-refractivity contribution in [1.82, 2.24) is 5.32 Å². The molecule has 1 N–H and O–H groups in total. The van der Waals surface area contributed by atoms with Crippen LogP contribution in [0, 0.1) is 0 Å². The van der Waals surface area contributed by atoms with Crippen LogP contribution in [0.25, 0.3) is 0 Å². The summed E-state index contributed by atoms with van der Waals surface area (Å²) in [7, 11) is 3.11. The second-order valence-corrected chi connectivity index (χ2v) is 5.19. The summed E-state index contributed by atoms with van der Waals surface area (Å²) in [5.41, 5.74) is 2.34. The molecule has 0 unspecified atom stereocenters. The van der Waals surface area contributed by atoms with Crippen molar-refractivity contribution in [1.29, 1.82) is 0 Å². The lowest BCUT2D eigenvalue weighted by molar-refractivity contribution is -0.121. The Kier molecular flexibility index (Phi) is 3.22. The van der Waals surface area contributed by atoms with Crippen molar-refractivity contribution >= 4 is 17.7 Å². The highest BCUT2D eigenvalue weighted by Crippen LogP contribution is 2.40. The number of amides is 2. The molecule has 0 radical (unpaired) electrons. The molecule has 1 aliphatic heterocycles. The highest BCUT2D eigenvalue weighted by Gasteiger charge is 2.42. The van der Waals surface area contributed by atoms with Crippen molar-refractivity contribution in [2.45, 2.75) is 25.8 Å². The Balaban J connectivity index is 2.28. The van der Waals surface area contributed by atoms with Crippen LogP contribution in [0.3, 0.4) is 0 Å². The summed E-state index contributed by atoms with van der Waals surface area (Å²) in [5, 5.41) is 2.63. The smallest absolute Gasteiger partial charge is 0.407 e. The molecule has 1 aliphatic rings. The molecular weight excluding hydrogens is 244 g/mol. The predicted octanol–water partition coefficient (Wildman–Crippen LogP) is 1.80. The summed E-state index contributed by atoms with van der Waals surface area (Å²) in [6, 6.07) is 5.78. The minimum atomic E-state index is -0.522. The summed E-state index contributed by atoms with van der Waals surface area (Å²) in [5.74, 6) is 0.0839. The topological polar surface area (TPSA) is 58.6 Å². The first kappa shape index (κ1) is 13.4. The van der Waals surface area contributed by atoms with Crippen molar-refractivity contribution in [2.75, 3.05) is 19.1 Å². The minimum absolute atomic E-state index is 0.0839. The summed E-state index contributed by atoms with van der Waals surface area (Å²) in [6.45, 7) is 4.21. The minimum Gasteiger partial charge on any atom is -0.453 e. The maximum Gasteiger partial charge on any atom is 0.407 e. The fourth-order valence-electron chi connectivity index (χ4n) is 2.38. The van der Waals surface area contributed by atoms with Crippen LogP contribution in [-0.2, 0) is 21.5 Å². The number of nitrogens with one attached hydrogen (secondary N) is 1. The van der Waals surface area contributed by atoms with E-state index in [4.69, 9.17) is 0 Å². The number of methoxy groups -OCH3 is 1. The number of fused-ring (bicyclic) bond motifs is 1. The van der Waals surface area contributed by atoms with Gasteiger partial charge in [0, 0.05) is 19.3 Å². The summed E-state index contributed by atoms with van der Waals surface area (Å²) in [6.07, 6.45) is -0.465. The van der Waals surface area contributed by atoms with Crippen LogP contribution >= 0.6 is 0 Å². The number of rotatable bonds is 2. The van der Waals surface area contributed by atoms with Crippen LogP contribution < -0.4 is 10.2 Å². The number of ether oxygens (including phenoxy) is 1. The van der Waals surface area contributed by atoms with E-state index in [1.165, 1.54) is 7.11 Å². The predicted molar refractivity (Wildman–Crippen MR) is 72.1 cm³/mol. The Morgan fingerprint density at radius 1 is 1.42 bits per heavy atom. The van der Waals surface area contributed by atoms with Gasteiger partial charge in [0.15, 0.2) is 0 Å². The van der Waals surface area contributed by atoms with Gasteiger partial charge >= 0.3 is 6.09 Å². The second kappa shape index (κ2) is 4.57. The first-order valence-corrected chi connectivity index (χ1v) is 6.11. The lowest BCUT2D eigenvalue weighted by atomic mass is 9.85. The van der Waals surface area contributed by atoms with Gasteiger partial charge in [0.25, 0.3) is 0 Å². The highest BCUT2D eigenvalue weighted by atomic mass is 16.5. The van der Waals surface area contributed by atoms with Crippen LogP contribution in [-0.4, -0.2) is 26.2 Å². The molecule has 2 amide bonds. The number of hydrogen-bond acceptors (Lipinski definition) is 3. The molecule has 19 heavy (non-hydrogen) atoms. The molecule has 0 fully saturated rings. The molecule has 5 heteroatoms. The average Bonchev–Trinajstić information content (AvgIpc) is 2.57. The Morgan fingerprint density at radius 2 is 2.11 bits per heavy atom. The standard InChI is InChI=1S/C14H18N2O3/c1-14(2)10-7-9(8-15-13(18)19-4)5-6-11(10)16(3)12(14)17/h5-7H,8H2,1-4H3,(H,15,18). The fourth-order valence-corrected chi connectivity index (χ4v) is 2.38. The zero-order valence-corrected chi connectivity index (χ0v) is 11.6. The molecule has 0 saturated carbocycles. The third-order valence-electron chi connectivity index (χ3n) is 3.56. The van der Waals surface area contributed by atoms with Gasteiger partial charge < -0.3 is 15.0 Å². The SMILES string of the molecule is COC(=O)NCc1ccc2c(c1)C(C)(C)C(=O)N2C. The zero-order valence-electron chi connectivity index (χ0n) is 11.6. The Morgan fingerprint density at radius 3 is 2.74 bits per heavy atom. The monoisotopic (exact) mass is 262 g/mol. The Labute approximate surface area is 112 Å². The molecule has 1 aromatic rings. The van der Waals surface area contributed by atoms with E-state index in [-0.39, 0.29) is 5.91 Å². The van der Waals surface area contributed by atoms with E-state index >= 15 is 0 Å². The lowest BCUT2D eigenvalue weighted by Gasteiger charge is -2.16. The van der Waals surface area contributed by atoms with E-state index < -0.39 is 11.5 Å². The molecular formula is C14H18N2O3. The van der Waals surface area contributed by atoms with E-state index in [2.05, 4.69) is 10.1 Å². The molecule has 0 aromatic heterocycles. The molecule has 0 atom stereocenters. The molecule has 1 aromatic carbocycles. The van der Waals surface area contributed by atoms with Crippen molar-refractivity contribution in [3.8, 4) is 0 Å². The van der Waals surface area contributed by atoms with E-state index in [9.17, 15) is 9.59 Å². The van der Waals surface area contributed by atoms with Gasteiger partial charge in [0.1, 0.15) is 0 Å². The van der Waals surface area contributed by atoms with Gasteiger partial charge in [-0.05, 0) is 31.0 Å². The number of carbonyl (C=O) groups excluding carboxylic acids is 2. The van der Waals surface area contributed by atoms with Crippen molar-refractivity contribution < 1.29 is 14.3 Å². The normalized spacial score (nSPS) is 16.2. The molecule has 0 aliphatic carbocycles. The average molecular weight is 262 g/mol. The van der Waals surface area contributed by atoms with Gasteiger partial charge in [-0.3, -0.25) is 4.79 Å². The van der Waals surface area contributed by atoms with Crippen LogP contribution in [0.15, 0.2) is 18.2 Å². The molecule has 1 heterocycles. The first-order chi connectivity index (χ1) is 8.87. The van der Waals surface area contributed by atoms with E-state index in [1.54, 1.807) is 11.9 Å². The molecule has 5 nitrogen and oxygen atoms in total. The summed E-state index contributed by atoms with van der Waals surface area (Å²) < 4.78 is 4.53. The number of carbonyl (C=O) groups is 2. The number of alkyl carbamates (subject to hydrolysis) is 1. The third kappa shape index (κ3) is 2.16. The van der Waals surface area contributed by atoms with Gasteiger partial charge in [0.05, 0.1) is 12.5 Å². The summed E-state index contributed by atoms with van der Waals surface area (Å²) >= 11 is 0. The molecule has 2 rings (SSSR count). The number of likely N-dealkylation sites (N-methyl/N-ethyl adjacent to an activating group) is 1. The zero-order chi connectivity index (χ0) is 14.2. The van der Waals surface area contributed by atoms with Gasteiger partial charge in [-0.2, -0.15) is 0 Å². The van der Waals surface area contributed by atoms with Crippen molar-refractivity contribution in [2.24, 2.45) is 0 Å². The Hall–Kier alpha value is -2.04. The fraction of sp³-hybridized carbons (Fsp3) is 0.429. The number of hydrogen-bond donors (Lipinski definition) is 1. The largest absolute Gasteiger partial charge is 0.453 e. The highest BCUT2D eigenvalue weighted by molar-refractivity contribution is 6.07. The molecule has 0 bridgehead atoms. The van der Waals surface area contributed by atoms with E-state index in [1.807, 2.05) is 32.0 Å². The van der Waals surface area contributed by atoms with Crippen LogP contribution in [0.2, 0.25) is 0 Å². The van der Waals surface area contributed by atoms with Crippen molar-refractivity contribution in [3.05, 3.63) is 29.3 Å². The third-order valence-corrected chi connectivity index (χ3v) is 3.56. The number of nitrogens with zero attached hydrogens (tertiary/aromatic N) is 1. The lowest BCUT2D eigenvalue weighted by Crippen LogP contribution is -2.33. The van der Waals surface area contributed by atoms with Crippen LogP contribution in [0.5, 0.6) is 0 Å². The number of benzene rings is 1. The maximum atomic E-state index is 12.1. The first-order valence-electron chi connectivity index (χ1n) is 6.11. The van der Waals surface area contributed by atoms with E-state index in [0.29, 0.717) is 6.54 Å². The van der Waals surface area contributed by atoms with Crippen LogP contribution in [0.1, 0.15) is 25.0 Å². The van der Waals surface area contributed by atoms with Gasteiger partial charge in [-0.1, -0.05) is 12.1 Å². The number of anilines is 1.